The molecule has 0 aromatic heterocycles. The van der Waals surface area contributed by atoms with Crippen molar-refractivity contribution in [1.82, 2.24) is 4.90 Å². The van der Waals surface area contributed by atoms with E-state index in [4.69, 9.17) is 0 Å². The van der Waals surface area contributed by atoms with Crippen LogP contribution in [0.5, 0.6) is 0 Å². The predicted molar refractivity (Wildman–Crippen MR) is 61.6 cm³/mol. The van der Waals surface area contributed by atoms with Crippen LogP contribution in [0.15, 0.2) is 11.6 Å². The summed E-state index contributed by atoms with van der Waals surface area (Å²) in [6.07, 6.45) is 4.08. The molecule has 1 saturated carbocycles. The van der Waals surface area contributed by atoms with Gasteiger partial charge in [0.15, 0.2) is 0 Å². The van der Waals surface area contributed by atoms with Gasteiger partial charge in [-0.15, -0.1) is 0 Å². The standard InChI is InChI=1S/C14H21N/c1-8-6-14-7-12(14,4)9(2)10(3)15-11(14)13(8,15)5/h6,9-11H,7H2,1-5H3. The van der Waals surface area contributed by atoms with E-state index in [9.17, 15) is 0 Å². The molecule has 0 aromatic carbocycles. The van der Waals surface area contributed by atoms with Gasteiger partial charge in [0.1, 0.15) is 0 Å². The molecule has 0 N–H and O–H groups in total. The summed E-state index contributed by atoms with van der Waals surface area (Å²) in [6.45, 7) is 12.2. The van der Waals surface area contributed by atoms with Crippen LogP contribution in [-0.4, -0.2) is 22.5 Å². The molecule has 1 nitrogen and oxygen atoms in total. The molecule has 2 aliphatic carbocycles. The monoisotopic (exact) mass is 203 g/mol. The van der Waals surface area contributed by atoms with Crippen molar-refractivity contribution in [3.8, 4) is 0 Å². The molecular formula is C14H21N. The molecule has 2 heterocycles. The quantitative estimate of drug-likeness (QED) is 0.432. The second kappa shape index (κ2) is 1.84. The summed E-state index contributed by atoms with van der Waals surface area (Å²) >= 11 is 0. The molecule has 0 amide bonds. The Kier molecular flexibility index (Phi) is 1.08. The van der Waals surface area contributed by atoms with Gasteiger partial charge in [-0.25, -0.2) is 0 Å². The summed E-state index contributed by atoms with van der Waals surface area (Å²) in [5, 5.41) is 0. The molecule has 2 saturated heterocycles. The fraction of sp³-hybridized carbons (Fsp3) is 0.857. The highest BCUT2D eigenvalue weighted by Gasteiger charge is 2.87. The zero-order valence-corrected chi connectivity index (χ0v) is 10.5. The molecule has 4 rings (SSSR count). The summed E-state index contributed by atoms with van der Waals surface area (Å²) in [4.78, 5) is 2.79. The Labute approximate surface area is 92.5 Å². The Hall–Kier alpha value is -0.300. The smallest absolute Gasteiger partial charge is 0.0561 e. The van der Waals surface area contributed by atoms with Crippen LogP contribution in [0.1, 0.15) is 41.0 Å². The van der Waals surface area contributed by atoms with Gasteiger partial charge in [-0.1, -0.05) is 25.5 Å². The summed E-state index contributed by atoms with van der Waals surface area (Å²) in [5.41, 5.74) is 3.29. The first-order chi connectivity index (χ1) is 6.89. The van der Waals surface area contributed by atoms with Crippen LogP contribution in [0.2, 0.25) is 0 Å². The van der Waals surface area contributed by atoms with E-state index >= 15 is 0 Å². The van der Waals surface area contributed by atoms with E-state index in [1.807, 2.05) is 0 Å². The lowest BCUT2D eigenvalue weighted by Crippen LogP contribution is -2.41. The fourth-order valence-corrected chi connectivity index (χ4v) is 5.40. The van der Waals surface area contributed by atoms with Crippen molar-refractivity contribution < 1.29 is 0 Å². The normalized spacial score (nSPS) is 73.3. The summed E-state index contributed by atoms with van der Waals surface area (Å²) in [7, 11) is 0. The second-order valence-corrected chi connectivity index (χ2v) is 6.95. The molecule has 82 valence electrons. The number of nitrogens with zero attached hydrogens (tertiary/aromatic N) is 1. The summed E-state index contributed by atoms with van der Waals surface area (Å²) < 4.78 is 0. The average Bonchev–Trinajstić information content (AvgIpc) is 2.95. The van der Waals surface area contributed by atoms with E-state index in [0.717, 1.165) is 18.0 Å². The Morgan fingerprint density at radius 2 is 2.00 bits per heavy atom. The van der Waals surface area contributed by atoms with Crippen LogP contribution >= 0.6 is 0 Å². The lowest BCUT2D eigenvalue weighted by atomic mass is 9.76. The third-order valence-corrected chi connectivity index (χ3v) is 6.81. The highest BCUT2D eigenvalue weighted by molar-refractivity contribution is 5.54. The molecule has 0 radical (unpaired) electrons. The first-order valence-electron chi connectivity index (χ1n) is 6.38. The lowest BCUT2D eigenvalue weighted by Gasteiger charge is -2.38. The Balaban J connectivity index is 1.93. The van der Waals surface area contributed by atoms with Crippen LogP contribution in [0.3, 0.4) is 0 Å². The largest absolute Gasteiger partial charge is 0.284 e. The van der Waals surface area contributed by atoms with E-state index < -0.39 is 0 Å². The van der Waals surface area contributed by atoms with Gasteiger partial charge in [0.2, 0.25) is 0 Å². The molecule has 3 fully saturated rings. The first kappa shape index (κ1) is 8.81. The Bertz CT molecular complexity index is 412. The lowest BCUT2D eigenvalue weighted by molar-refractivity contribution is 0.122. The zero-order valence-electron chi connectivity index (χ0n) is 10.5. The minimum atomic E-state index is 0.446. The van der Waals surface area contributed by atoms with Crippen molar-refractivity contribution in [2.24, 2.45) is 16.7 Å². The van der Waals surface area contributed by atoms with Crippen molar-refractivity contribution in [2.75, 3.05) is 0 Å². The highest BCUT2D eigenvalue weighted by Crippen LogP contribution is 2.84. The molecule has 4 aliphatic rings. The summed E-state index contributed by atoms with van der Waals surface area (Å²) in [5.74, 6) is 0.861. The van der Waals surface area contributed by atoms with Gasteiger partial charge in [0.25, 0.3) is 0 Å². The van der Waals surface area contributed by atoms with E-state index in [1.165, 1.54) is 6.42 Å². The maximum absolute atomic E-state index is 2.79. The van der Waals surface area contributed by atoms with Gasteiger partial charge in [-0.2, -0.15) is 0 Å². The third kappa shape index (κ3) is 0.563. The summed E-state index contributed by atoms with van der Waals surface area (Å²) in [6, 6.07) is 1.64. The van der Waals surface area contributed by atoms with Crippen molar-refractivity contribution in [3.05, 3.63) is 11.6 Å². The zero-order chi connectivity index (χ0) is 10.8. The second-order valence-electron chi connectivity index (χ2n) is 6.95. The van der Waals surface area contributed by atoms with Crippen LogP contribution < -0.4 is 0 Å². The first-order valence-corrected chi connectivity index (χ1v) is 6.38. The maximum atomic E-state index is 2.79. The average molecular weight is 203 g/mol. The number of fused-ring (bicyclic) bond motifs is 1. The molecule has 1 spiro atoms. The number of hydrogen-bond donors (Lipinski definition) is 0. The van der Waals surface area contributed by atoms with Gasteiger partial charge in [-0.05, 0) is 38.5 Å². The van der Waals surface area contributed by atoms with Gasteiger partial charge in [0, 0.05) is 17.5 Å². The van der Waals surface area contributed by atoms with Crippen LogP contribution in [0, 0.1) is 16.7 Å². The van der Waals surface area contributed by atoms with E-state index in [2.05, 4.69) is 45.6 Å². The third-order valence-electron chi connectivity index (χ3n) is 6.81. The van der Waals surface area contributed by atoms with Gasteiger partial charge < -0.3 is 0 Å². The Morgan fingerprint density at radius 3 is 2.67 bits per heavy atom. The van der Waals surface area contributed by atoms with Crippen LogP contribution in [-0.2, 0) is 0 Å². The molecular weight excluding hydrogens is 182 g/mol. The number of piperidine rings is 1. The minimum absolute atomic E-state index is 0.446. The van der Waals surface area contributed by atoms with E-state index in [-0.39, 0.29) is 0 Å². The minimum Gasteiger partial charge on any atom is -0.284 e. The van der Waals surface area contributed by atoms with Gasteiger partial charge in [0.05, 0.1) is 5.54 Å². The van der Waals surface area contributed by atoms with Crippen molar-refractivity contribution in [1.29, 1.82) is 0 Å². The molecule has 7 unspecified atom stereocenters. The molecule has 7 atom stereocenters. The predicted octanol–water partition coefficient (Wildman–Crippen LogP) is 2.82. The van der Waals surface area contributed by atoms with Crippen LogP contribution in [0.25, 0.3) is 0 Å². The van der Waals surface area contributed by atoms with Crippen molar-refractivity contribution >= 4 is 0 Å². The molecule has 15 heavy (non-hydrogen) atoms. The molecule has 2 aliphatic heterocycles. The van der Waals surface area contributed by atoms with Gasteiger partial charge >= 0.3 is 0 Å². The molecule has 0 aromatic rings. The molecule has 0 bridgehead atoms. The topological polar surface area (TPSA) is 3.01 Å². The van der Waals surface area contributed by atoms with E-state index in [0.29, 0.717) is 16.4 Å². The van der Waals surface area contributed by atoms with Crippen molar-refractivity contribution in [3.63, 3.8) is 0 Å². The SMILES string of the molecule is CC1=CC23CC2(C)C(C)C(C)N2C3C12C. The van der Waals surface area contributed by atoms with E-state index in [1.54, 1.807) is 5.57 Å². The number of rotatable bonds is 0. The fourth-order valence-electron chi connectivity index (χ4n) is 5.40. The van der Waals surface area contributed by atoms with Gasteiger partial charge in [-0.3, -0.25) is 4.90 Å². The molecule has 1 heteroatoms. The number of hydrogen-bond acceptors (Lipinski definition) is 1. The highest BCUT2D eigenvalue weighted by atomic mass is 15.5. The maximum Gasteiger partial charge on any atom is 0.0561 e. The van der Waals surface area contributed by atoms with Crippen LogP contribution in [0.4, 0.5) is 0 Å². The Morgan fingerprint density at radius 1 is 1.33 bits per heavy atom. The van der Waals surface area contributed by atoms with Crippen molar-refractivity contribution in [2.45, 2.75) is 58.7 Å².